The van der Waals surface area contributed by atoms with E-state index in [9.17, 15) is 14.7 Å². The van der Waals surface area contributed by atoms with Crippen LogP contribution in [0.4, 0.5) is 11.4 Å². The van der Waals surface area contributed by atoms with Crippen molar-refractivity contribution < 1.29 is 19.4 Å². The Bertz CT molecular complexity index is 3030. The number of nitrogens with zero attached hydrogens (tertiary/aromatic N) is 10. The highest BCUT2D eigenvalue weighted by molar-refractivity contribution is 5.99. The van der Waals surface area contributed by atoms with Crippen LogP contribution in [0.15, 0.2) is 122 Å². The summed E-state index contributed by atoms with van der Waals surface area (Å²) < 4.78 is 9.58. The van der Waals surface area contributed by atoms with Crippen molar-refractivity contribution in [1.29, 1.82) is 0 Å². The lowest BCUT2D eigenvalue weighted by atomic mass is 9.97. The summed E-state index contributed by atoms with van der Waals surface area (Å²) in [6.45, 7) is 4.49. The number of benzene rings is 4. The van der Waals surface area contributed by atoms with Gasteiger partial charge in [0.05, 0.1) is 25.2 Å². The fourth-order valence-electron chi connectivity index (χ4n) is 7.98. The number of fused-ring (bicyclic) bond motifs is 1. The fourth-order valence-corrected chi connectivity index (χ4v) is 7.98. The number of carbonyl (C=O) groups is 2. The number of nitrogens with one attached hydrogen (secondary N) is 4. The monoisotopic (exact) mass is 896 g/mol. The van der Waals surface area contributed by atoms with E-state index >= 15 is 0 Å². The topological polar surface area (TPSA) is 225 Å². The van der Waals surface area contributed by atoms with Gasteiger partial charge in [0.25, 0.3) is 11.8 Å². The maximum absolute atomic E-state index is 14.3. The van der Waals surface area contributed by atoms with E-state index < -0.39 is 18.1 Å². The second kappa shape index (κ2) is 19.4. The van der Waals surface area contributed by atoms with E-state index in [1.54, 1.807) is 55.7 Å². The van der Waals surface area contributed by atoms with Crippen LogP contribution in [0.3, 0.4) is 0 Å². The molecule has 0 radical (unpaired) electrons. The van der Waals surface area contributed by atoms with Crippen LogP contribution >= 0.6 is 0 Å². The smallest absolute Gasteiger partial charge is 0.251 e. The van der Waals surface area contributed by atoms with Gasteiger partial charge < -0.3 is 40.2 Å². The van der Waals surface area contributed by atoms with Crippen LogP contribution in [0.5, 0.6) is 5.75 Å². The third-order valence-corrected chi connectivity index (χ3v) is 11.5. The van der Waals surface area contributed by atoms with Crippen LogP contribution in [0, 0.1) is 0 Å². The SMILES string of the molecule is CC1Cc2cc(CNC(=O)c3cc(NCc4nnc(-c5ccncn5)n4C)cc(-c4cc(NCc5nnc(-c6ccncn6)n5C)cc(C(=O)NC(c5ccccc5)C(C)O)c4)c3)ccc2O1. The van der Waals surface area contributed by atoms with E-state index in [0.29, 0.717) is 74.9 Å². The second-order valence-corrected chi connectivity index (χ2v) is 16.4. The molecule has 3 unspecified atom stereocenters. The summed E-state index contributed by atoms with van der Waals surface area (Å²) in [5.74, 6) is 2.55. The van der Waals surface area contributed by atoms with Gasteiger partial charge >= 0.3 is 0 Å². The number of carbonyl (C=O) groups excluding carboxylic acids is 2. The lowest BCUT2D eigenvalue weighted by Crippen LogP contribution is -2.35. The molecule has 338 valence electrons. The third kappa shape index (κ3) is 9.98. The number of aromatic nitrogens is 10. The molecule has 3 atom stereocenters. The molecule has 5 N–H and O–H groups in total. The number of rotatable bonds is 16. The number of hydrogen-bond donors (Lipinski definition) is 5. The molecule has 0 saturated carbocycles. The van der Waals surface area contributed by atoms with Crippen molar-refractivity contribution in [2.24, 2.45) is 14.1 Å². The highest BCUT2D eigenvalue weighted by Crippen LogP contribution is 2.32. The maximum Gasteiger partial charge on any atom is 0.251 e. The minimum atomic E-state index is -0.893. The molecule has 0 bridgehead atoms. The average Bonchev–Trinajstić information content (AvgIpc) is 4.05. The molecule has 0 fully saturated rings. The average molecular weight is 897 g/mol. The lowest BCUT2D eigenvalue weighted by molar-refractivity contribution is 0.0858. The molecule has 0 spiro atoms. The molecule has 18 nitrogen and oxygen atoms in total. The van der Waals surface area contributed by atoms with Crippen LogP contribution in [0.25, 0.3) is 34.2 Å². The summed E-state index contributed by atoms with van der Waals surface area (Å²) in [5, 5.41) is 41.5. The number of amides is 2. The molecule has 0 aliphatic carbocycles. The zero-order valence-corrected chi connectivity index (χ0v) is 37.3. The molecule has 2 amide bonds. The molecule has 1 aliphatic rings. The van der Waals surface area contributed by atoms with Gasteiger partial charge in [0, 0.05) is 62.0 Å². The van der Waals surface area contributed by atoms with Gasteiger partial charge in [-0.2, -0.15) is 0 Å². The molecule has 4 aromatic heterocycles. The minimum Gasteiger partial charge on any atom is -0.490 e. The van der Waals surface area contributed by atoms with Crippen molar-refractivity contribution in [2.45, 2.75) is 58.2 Å². The van der Waals surface area contributed by atoms with Crippen LogP contribution in [-0.4, -0.2) is 78.6 Å². The Kier molecular flexibility index (Phi) is 12.7. The van der Waals surface area contributed by atoms with Crippen LogP contribution in [-0.2, 0) is 40.2 Å². The van der Waals surface area contributed by atoms with Crippen molar-refractivity contribution >= 4 is 23.2 Å². The van der Waals surface area contributed by atoms with E-state index in [4.69, 9.17) is 4.74 Å². The molecule has 9 rings (SSSR count). The molecule has 8 aromatic rings. The predicted octanol–water partition coefficient (Wildman–Crippen LogP) is 5.85. The van der Waals surface area contributed by atoms with E-state index in [1.165, 1.54) is 12.7 Å². The second-order valence-electron chi connectivity index (χ2n) is 16.4. The van der Waals surface area contributed by atoms with Gasteiger partial charge in [-0.15, -0.1) is 20.4 Å². The van der Waals surface area contributed by atoms with Crippen LogP contribution in [0.1, 0.15) is 68.9 Å². The Balaban J connectivity index is 1.06. The van der Waals surface area contributed by atoms with Gasteiger partial charge in [-0.1, -0.05) is 42.5 Å². The molecule has 0 saturated heterocycles. The number of aliphatic hydroxyl groups excluding tert-OH is 1. The number of anilines is 2. The highest BCUT2D eigenvalue weighted by atomic mass is 16.5. The Morgan fingerprint density at radius 3 is 1.85 bits per heavy atom. The molecular formula is C49H48N14O4. The first kappa shape index (κ1) is 43.9. The standard InChI is InChI=1S/C49H48N14O4/c1-29-16-35-17-31(10-11-42(35)67-29)24-54-48(65)36-18-33(20-38(22-36)52-25-43-58-60-46(62(43)3)40-12-14-50-27-55-40)34-19-37(49(66)57-45(30(2)64)32-8-6-5-7-9-32)23-39(21-34)53-26-44-59-61-47(63(44)4)41-13-15-51-28-56-41/h5-15,17-23,27-30,45,52-53,64H,16,24-26H2,1-4H3,(H,54,65)(H,57,66). The van der Waals surface area contributed by atoms with Crippen LogP contribution in [0.2, 0.25) is 0 Å². The number of ether oxygens (including phenoxy) is 1. The molecular weight excluding hydrogens is 849 g/mol. The summed E-state index contributed by atoms with van der Waals surface area (Å²) in [6.07, 6.45) is 6.22. The maximum atomic E-state index is 14.3. The quantitative estimate of drug-likeness (QED) is 0.0767. The van der Waals surface area contributed by atoms with E-state index in [2.05, 4.69) is 67.7 Å². The first-order valence-corrected chi connectivity index (χ1v) is 21.7. The van der Waals surface area contributed by atoms with E-state index in [0.717, 1.165) is 28.9 Å². The zero-order chi connectivity index (χ0) is 46.4. The van der Waals surface area contributed by atoms with Gasteiger partial charge in [-0.3, -0.25) is 9.59 Å². The van der Waals surface area contributed by atoms with E-state index in [-0.39, 0.29) is 25.1 Å². The van der Waals surface area contributed by atoms with Crippen molar-refractivity contribution in [1.82, 2.24) is 60.1 Å². The zero-order valence-electron chi connectivity index (χ0n) is 37.3. The van der Waals surface area contributed by atoms with Gasteiger partial charge in [-0.05, 0) is 96.3 Å². The third-order valence-electron chi connectivity index (χ3n) is 11.5. The number of hydrogen-bond acceptors (Lipinski definition) is 14. The largest absolute Gasteiger partial charge is 0.490 e. The molecule has 1 aliphatic heterocycles. The van der Waals surface area contributed by atoms with Gasteiger partial charge in [-0.25, -0.2) is 19.9 Å². The predicted molar refractivity (Wildman–Crippen MR) is 250 cm³/mol. The van der Waals surface area contributed by atoms with E-state index in [1.807, 2.05) is 84.8 Å². The Labute approximate surface area is 386 Å². The Hall–Kier alpha value is -8.38. The number of aliphatic hydroxyl groups is 1. The summed E-state index contributed by atoms with van der Waals surface area (Å²) >= 11 is 0. The highest BCUT2D eigenvalue weighted by Gasteiger charge is 2.23. The van der Waals surface area contributed by atoms with Gasteiger partial charge in [0.1, 0.15) is 35.9 Å². The van der Waals surface area contributed by atoms with Crippen molar-refractivity contribution in [3.05, 3.63) is 162 Å². The Morgan fingerprint density at radius 2 is 1.30 bits per heavy atom. The summed E-state index contributed by atoms with van der Waals surface area (Å²) in [7, 11) is 3.71. The molecule has 67 heavy (non-hydrogen) atoms. The molecule has 18 heteroatoms. The van der Waals surface area contributed by atoms with Crippen molar-refractivity contribution in [3.63, 3.8) is 0 Å². The molecule has 4 aromatic carbocycles. The van der Waals surface area contributed by atoms with Crippen molar-refractivity contribution in [2.75, 3.05) is 10.6 Å². The minimum absolute atomic E-state index is 0.104. The first-order valence-electron chi connectivity index (χ1n) is 21.7. The normalized spacial score (nSPS) is 13.8. The summed E-state index contributed by atoms with van der Waals surface area (Å²) in [6, 6.07) is 29.1. The van der Waals surface area contributed by atoms with Gasteiger partial charge in [0.15, 0.2) is 23.3 Å². The lowest BCUT2D eigenvalue weighted by Gasteiger charge is -2.22. The van der Waals surface area contributed by atoms with Gasteiger partial charge in [0.2, 0.25) is 0 Å². The summed E-state index contributed by atoms with van der Waals surface area (Å²) in [4.78, 5) is 45.1. The summed E-state index contributed by atoms with van der Waals surface area (Å²) in [5.41, 5.74) is 7.28. The molecule has 5 heterocycles. The Morgan fingerprint density at radius 1 is 0.716 bits per heavy atom. The van der Waals surface area contributed by atoms with Crippen molar-refractivity contribution in [3.8, 4) is 39.9 Å². The van der Waals surface area contributed by atoms with Crippen LogP contribution < -0.4 is 26.0 Å². The first-order chi connectivity index (χ1) is 32.6. The fraction of sp³-hybridized carbons (Fsp3) is 0.224.